The van der Waals surface area contributed by atoms with E-state index in [-0.39, 0.29) is 0 Å². The Balaban J connectivity index is 3.07. The molecule has 2 N–H and O–H groups in total. The Kier molecular flexibility index (Phi) is 1.70. The zero-order valence-electron chi connectivity index (χ0n) is 5.08. The molecule has 0 saturated heterocycles. The van der Waals surface area contributed by atoms with Gasteiger partial charge in [-0.3, -0.25) is 5.84 Å². The molecule has 0 unspecified atom stereocenters. The van der Waals surface area contributed by atoms with Gasteiger partial charge in [0, 0.05) is 5.10 Å². The van der Waals surface area contributed by atoms with Crippen molar-refractivity contribution in [1.29, 1.82) is 0 Å². The minimum Gasteiger partial charge on any atom is -0.289 e. The summed E-state index contributed by atoms with van der Waals surface area (Å²) >= 11 is 3.28. The minimum atomic E-state index is 0.722. The number of hydrogen-bond acceptors (Lipinski definition) is 2. The summed E-state index contributed by atoms with van der Waals surface area (Å²) in [5, 5.41) is 4.63. The second-order valence-electron chi connectivity index (χ2n) is 1.71. The normalized spacial score (nSPS) is 10.0. The molecule has 0 aliphatic carbocycles. The summed E-state index contributed by atoms with van der Waals surface area (Å²) in [5.41, 5.74) is 0. The van der Waals surface area contributed by atoms with Crippen LogP contribution in [0.1, 0.15) is 5.82 Å². The molecule has 5 heteroatoms. The largest absolute Gasteiger partial charge is 0.289 e. The topological polar surface area (TPSA) is 47.7 Å². The lowest BCUT2D eigenvalue weighted by atomic mass is 10.7. The molecule has 0 atom stereocenters. The van der Waals surface area contributed by atoms with Gasteiger partial charge in [0.15, 0.2) is 0 Å². The number of rotatable bonds is 1. The zero-order valence-corrected chi connectivity index (χ0v) is 6.67. The number of hydrogen-bond donors (Lipinski definition) is 1. The monoisotopic (exact) mass is 191 g/mol. The standard InChI is InChI=1S/C4H8BrN4/c1-8-4(2-5)9(6)3-7-8/h3H,2,6H2,1H3/q+1. The molecule has 0 aliphatic heterocycles. The highest BCUT2D eigenvalue weighted by atomic mass is 79.9. The number of aryl methyl sites for hydroxylation is 1. The Labute approximate surface area is 61.4 Å². The van der Waals surface area contributed by atoms with E-state index in [0.29, 0.717) is 0 Å². The van der Waals surface area contributed by atoms with Crippen LogP contribution in [0.5, 0.6) is 0 Å². The van der Waals surface area contributed by atoms with Crippen LogP contribution in [0.4, 0.5) is 0 Å². The minimum absolute atomic E-state index is 0.722. The number of nitrogen functional groups attached to an aromatic ring is 1. The van der Waals surface area contributed by atoms with E-state index in [1.165, 1.54) is 4.68 Å². The van der Waals surface area contributed by atoms with Gasteiger partial charge in [0.05, 0.1) is 12.4 Å². The predicted octanol–water partition coefficient (Wildman–Crippen LogP) is -0.684. The summed E-state index contributed by atoms with van der Waals surface area (Å²) in [4.78, 5) is 0. The summed E-state index contributed by atoms with van der Waals surface area (Å²) < 4.78 is 3.20. The first-order valence-electron chi connectivity index (χ1n) is 2.49. The molecule has 0 amide bonds. The van der Waals surface area contributed by atoms with Gasteiger partial charge in [-0.2, -0.15) is 0 Å². The number of nitrogens with zero attached hydrogens (tertiary/aromatic N) is 3. The fourth-order valence-corrected chi connectivity index (χ4v) is 1.24. The van der Waals surface area contributed by atoms with Crippen molar-refractivity contribution in [1.82, 2.24) is 9.78 Å². The van der Waals surface area contributed by atoms with Gasteiger partial charge in [-0.1, -0.05) is 15.9 Å². The van der Waals surface area contributed by atoms with Crippen molar-refractivity contribution in [3.05, 3.63) is 12.2 Å². The second-order valence-corrected chi connectivity index (χ2v) is 2.27. The maximum atomic E-state index is 5.46. The Bertz CT molecular complexity index is 187. The van der Waals surface area contributed by atoms with E-state index in [1.807, 2.05) is 7.05 Å². The molecule has 0 fully saturated rings. The van der Waals surface area contributed by atoms with Gasteiger partial charge >= 0.3 is 0 Å². The van der Waals surface area contributed by atoms with Crippen molar-refractivity contribution in [2.24, 2.45) is 7.05 Å². The van der Waals surface area contributed by atoms with E-state index in [4.69, 9.17) is 5.84 Å². The summed E-state index contributed by atoms with van der Waals surface area (Å²) in [6.07, 6.45) is 1.57. The van der Waals surface area contributed by atoms with E-state index in [0.717, 1.165) is 11.2 Å². The highest BCUT2D eigenvalue weighted by molar-refractivity contribution is 9.08. The quantitative estimate of drug-likeness (QED) is 0.364. The van der Waals surface area contributed by atoms with Crippen molar-refractivity contribution in [2.45, 2.75) is 5.33 Å². The van der Waals surface area contributed by atoms with Gasteiger partial charge < -0.3 is 0 Å². The van der Waals surface area contributed by atoms with Crippen molar-refractivity contribution >= 4 is 15.9 Å². The van der Waals surface area contributed by atoms with Crippen molar-refractivity contribution in [3.63, 3.8) is 0 Å². The Hall–Kier alpha value is -0.580. The second kappa shape index (κ2) is 2.34. The van der Waals surface area contributed by atoms with Crippen molar-refractivity contribution < 1.29 is 4.68 Å². The van der Waals surface area contributed by atoms with Crippen LogP contribution in [0, 0.1) is 0 Å². The zero-order chi connectivity index (χ0) is 6.85. The van der Waals surface area contributed by atoms with Gasteiger partial charge in [0.2, 0.25) is 0 Å². The third-order valence-corrected chi connectivity index (χ3v) is 1.64. The SMILES string of the molecule is Cn1nc[n+](N)c1CBr. The third kappa shape index (κ3) is 1.05. The predicted molar refractivity (Wildman–Crippen MR) is 36.2 cm³/mol. The number of halogens is 1. The van der Waals surface area contributed by atoms with E-state index < -0.39 is 0 Å². The van der Waals surface area contributed by atoms with Gasteiger partial charge in [0.1, 0.15) is 0 Å². The molecule has 1 heterocycles. The van der Waals surface area contributed by atoms with Crippen LogP contribution in [0.3, 0.4) is 0 Å². The first-order valence-corrected chi connectivity index (χ1v) is 3.61. The van der Waals surface area contributed by atoms with Gasteiger partial charge in [-0.15, -0.1) is 9.36 Å². The molecule has 0 aliphatic rings. The molecule has 50 valence electrons. The van der Waals surface area contributed by atoms with E-state index in [9.17, 15) is 0 Å². The maximum Gasteiger partial charge on any atom is 0.286 e. The number of aromatic nitrogens is 3. The Morgan fingerprint density at radius 2 is 2.67 bits per heavy atom. The van der Waals surface area contributed by atoms with E-state index >= 15 is 0 Å². The first kappa shape index (κ1) is 6.54. The highest BCUT2D eigenvalue weighted by Crippen LogP contribution is 1.93. The lowest BCUT2D eigenvalue weighted by Gasteiger charge is -1.87. The first-order chi connectivity index (χ1) is 4.25. The van der Waals surface area contributed by atoms with Gasteiger partial charge in [-0.25, -0.2) is 0 Å². The van der Waals surface area contributed by atoms with E-state index in [2.05, 4.69) is 21.0 Å². The average molecular weight is 192 g/mol. The molecule has 0 radical (unpaired) electrons. The van der Waals surface area contributed by atoms with Crippen LogP contribution in [0.2, 0.25) is 0 Å². The molecule has 0 aromatic carbocycles. The molecule has 0 bridgehead atoms. The fourth-order valence-electron chi connectivity index (χ4n) is 0.589. The van der Waals surface area contributed by atoms with Crippen LogP contribution < -0.4 is 10.5 Å². The van der Waals surface area contributed by atoms with Gasteiger partial charge in [0.25, 0.3) is 12.2 Å². The van der Waals surface area contributed by atoms with Crippen molar-refractivity contribution in [2.75, 3.05) is 5.84 Å². The summed E-state index contributed by atoms with van der Waals surface area (Å²) in [7, 11) is 1.85. The Morgan fingerprint density at radius 3 is 2.89 bits per heavy atom. The molecule has 1 aromatic heterocycles. The number of alkyl halides is 1. The van der Waals surface area contributed by atoms with Crippen LogP contribution in [0.25, 0.3) is 0 Å². The fraction of sp³-hybridized carbons (Fsp3) is 0.500. The molecular formula is C4H8BrN4+. The van der Waals surface area contributed by atoms with Gasteiger partial charge in [-0.05, 0) is 0 Å². The lowest BCUT2D eigenvalue weighted by Crippen LogP contribution is -2.46. The molecular weight excluding hydrogens is 184 g/mol. The molecule has 0 spiro atoms. The molecule has 1 rings (SSSR count). The summed E-state index contributed by atoms with van der Waals surface area (Å²) in [6.45, 7) is 0. The lowest BCUT2D eigenvalue weighted by molar-refractivity contribution is -0.646. The molecule has 1 aromatic rings. The van der Waals surface area contributed by atoms with Crippen LogP contribution in [0.15, 0.2) is 6.33 Å². The molecule has 9 heavy (non-hydrogen) atoms. The molecule has 0 saturated carbocycles. The summed E-state index contributed by atoms with van der Waals surface area (Å²) in [5.74, 6) is 6.40. The van der Waals surface area contributed by atoms with Crippen molar-refractivity contribution in [3.8, 4) is 0 Å². The molecule has 4 nitrogen and oxygen atoms in total. The summed E-state index contributed by atoms with van der Waals surface area (Å²) in [6, 6.07) is 0. The smallest absolute Gasteiger partial charge is 0.286 e. The van der Waals surface area contributed by atoms with Crippen LogP contribution >= 0.6 is 15.9 Å². The Morgan fingerprint density at radius 1 is 2.00 bits per heavy atom. The van der Waals surface area contributed by atoms with E-state index in [1.54, 1.807) is 11.0 Å². The maximum absolute atomic E-state index is 5.46. The van der Waals surface area contributed by atoms with Crippen LogP contribution in [-0.4, -0.2) is 9.78 Å². The highest BCUT2D eigenvalue weighted by Gasteiger charge is 2.09. The third-order valence-electron chi connectivity index (χ3n) is 1.14. The van der Waals surface area contributed by atoms with Crippen LogP contribution in [-0.2, 0) is 12.4 Å². The average Bonchev–Trinajstić information content (AvgIpc) is 2.12. The number of nitrogens with two attached hydrogens (primary N) is 1.